The summed E-state index contributed by atoms with van der Waals surface area (Å²) in [5, 5.41) is 11.0. The standard InChI is InChI=1S/C21H25N9O12P2/c22-8-1-2-24-17-13(8)25-6-29(17)12-3-9-10(39-12)4-37-44(35,36)42-16-15(31)11(5-38-43(33,34)41-9)40-20(16)30-7-26-14-18(30)27-21(23)28-19(14)32/h1-2,6-7,9-12,15-16,20,31H,3-5H2,(H2,22,24)(H,33,34)(H,35,36)(H3,23,27,28,32)/t9-,10+,11+,12+,15+,16+,20+/m0/s1. The highest BCUT2D eigenvalue weighted by molar-refractivity contribution is 7.47. The van der Waals surface area contributed by atoms with Crippen LogP contribution in [-0.4, -0.2) is 92.7 Å². The number of anilines is 2. The summed E-state index contributed by atoms with van der Waals surface area (Å²) < 4.78 is 61.8. The van der Waals surface area contributed by atoms with Crippen LogP contribution in [0.1, 0.15) is 18.9 Å². The van der Waals surface area contributed by atoms with Gasteiger partial charge in [0.05, 0.1) is 31.6 Å². The highest BCUT2D eigenvalue weighted by Crippen LogP contribution is 2.53. The van der Waals surface area contributed by atoms with E-state index >= 15 is 0 Å². The van der Waals surface area contributed by atoms with E-state index in [4.69, 9.17) is 39.0 Å². The van der Waals surface area contributed by atoms with Crippen LogP contribution in [0.15, 0.2) is 29.7 Å². The zero-order valence-electron chi connectivity index (χ0n) is 22.2. The van der Waals surface area contributed by atoms with Gasteiger partial charge in [0.2, 0.25) is 5.95 Å². The normalized spacial score (nSPS) is 36.6. The highest BCUT2D eigenvalue weighted by Gasteiger charge is 2.52. The van der Waals surface area contributed by atoms with Gasteiger partial charge in [-0.05, 0) is 6.07 Å². The number of nitrogens with two attached hydrogens (primary N) is 2. The van der Waals surface area contributed by atoms with Gasteiger partial charge in [-0.15, -0.1) is 0 Å². The minimum Gasteiger partial charge on any atom is -0.397 e. The zero-order valence-corrected chi connectivity index (χ0v) is 24.0. The molecule has 7 heterocycles. The number of hydrogen-bond acceptors (Lipinski definition) is 16. The molecule has 0 spiro atoms. The Morgan fingerprint density at radius 3 is 2.41 bits per heavy atom. The number of aliphatic hydroxyl groups is 1. The van der Waals surface area contributed by atoms with Gasteiger partial charge in [0.15, 0.2) is 23.0 Å². The van der Waals surface area contributed by atoms with Crippen molar-refractivity contribution in [3.05, 3.63) is 35.3 Å². The van der Waals surface area contributed by atoms with Crippen LogP contribution in [0.4, 0.5) is 11.6 Å². The molecule has 44 heavy (non-hydrogen) atoms. The van der Waals surface area contributed by atoms with E-state index in [9.17, 15) is 28.8 Å². The second kappa shape index (κ2) is 10.6. The van der Waals surface area contributed by atoms with Gasteiger partial charge in [0, 0.05) is 12.6 Å². The number of rotatable bonds is 2. The van der Waals surface area contributed by atoms with E-state index in [0.717, 1.165) is 10.9 Å². The maximum atomic E-state index is 13.2. The van der Waals surface area contributed by atoms with Gasteiger partial charge in [-0.1, -0.05) is 0 Å². The van der Waals surface area contributed by atoms with E-state index in [2.05, 4.69) is 24.9 Å². The summed E-state index contributed by atoms with van der Waals surface area (Å²) in [7, 11) is -9.86. The van der Waals surface area contributed by atoms with E-state index in [1.807, 2.05) is 0 Å². The summed E-state index contributed by atoms with van der Waals surface area (Å²) in [4.78, 5) is 52.3. The Morgan fingerprint density at radius 1 is 0.909 bits per heavy atom. The molecule has 236 valence electrons. The zero-order chi connectivity index (χ0) is 31.0. The number of imidazole rings is 2. The molecule has 0 aliphatic carbocycles. The minimum absolute atomic E-state index is 0.0450. The molecule has 3 saturated heterocycles. The average Bonchev–Trinajstić information content (AvgIpc) is 3.72. The van der Waals surface area contributed by atoms with Crippen molar-refractivity contribution in [2.45, 2.75) is 49.4 Å². The second-order valence-corrected chi connectivity index (χ2v) is 13.0. The van der Waals surface area contributed by atoms with Crippen molar-refractivity contribution in [2.75, 3.05) is 24.7 Å². The molecule has 21 nitrogen and oxygen atoms in total. The lowest BCUT2D eigenvalue weighted by Gasteiger charge is -2.25. The molecule has 7 rings (SSSR count). The number of nitrogens with zero attached hydrogens (tertiary/aromatic N) is 6. The number of aromatic nitrogens is 7. The Morgan fingerprint density at radius 2 is 1.61 bits per heavy atom. The third kappa shape index (κ3) is 5.21. The number of ether oxygens (including phenoxy) is 2. The van der Waals surface area contributed by atoms with Crippen LogP contribution >= 0.6 is 15.6 Å². The predicted molar refractivity (Wildman–Crippen MR) is 144 cm³/mol. The Balaban J connectivity index is 1.19. The second-order valence-electron chi connectivity index (χ2n) is 10.2. The summed E-state index contributed by atoms with van der Waals surface area (Å²) in [6.07, 6.45) is -5.47. The van der Waals surface area contributed by atoms with Crippen LogP contribution in [0.25, 0.3) is 22.3 Å². The number of phosphoric ester groups is 2. The summed E-state index contributed by atoms with van der Waals surface area (Å²) in [6, 6.07) is 1.57. The van der Waals surface area contributed by atoms with Crippen LogP contribution in [0.3, 0.4) is 0 Å². The lowest BCUT2D eigenvalue weighted by Crippen LogP contribution is -2.35. The molecule has 3 aliphatic rings. The van der Waals surface area contributed by atoms with Crippen molar-refractivity contribution in [1.82, 2.24) is 34.1 Å². The quantitative estimate of drug-likeness (QED) is 0.145. The molecule has 2 bridgehead atoms. The third-order valence-electron chi connectivity index (χ3n) is 7.35. The first-order valence-electron chi connectivity index (χ1n) is 13.0. The number of aliphatic hydroxyl groups excluding tert-OH is 1. The van der Waals surface area contributed by atoms with Gasteiger partial charge in [0.1, 0.15) is 42.3 Å². The van der Waals surface area contributed by atoms with Crippen LogP contribution in [0.2, 0.25) is 0 Å². The van der Waals surface area contributed by atoms with Crippen LogP contribution in [-0.2, 0) is 36.7 Å². The number of aromatic amines is 1. The minimum atomic E-state index is -5.00. The molecule has 3 aliphatic heterocycles. The number of pyridine rings is 1. The fourth-order valence-corrected chi connectivity index (χ4v) is 7.23. The smallest absolute Gasteiger partial charge is 0.397 e. The molecule has 4 aromatic rings. The lowest BCUT2D eigenvalue weighted by molar-refractivity contribution is -0.0670. The van der Waals surface area contributed by atoms with Crippen molar-refractivity contribution < 1.29 is 51.6 Å². The molecule has 4 aromatic heterocycles. The maximum absolute atomic E-state index is 13.2. The van der Waals surface area contributed by atoms with E-state index in [0.29, 0.717) is 16.9 Å². The Hall–Kier alpha value is -3.33. The first kappa shape index (κ1) is 29.4. The van der Waals surface area contributed by atoms with E-state index in [-0.39, 0.29) is 23.5 Å². The van der Waals surface area contributed by atoms with Gasteiger partial charge in [-0.25, -0.2) is 24.1 Å². The van der Waals surface area contributed by atoms with Crippen LogP contribution < -0.4 is 17.0 Å². The molecule has 0 aromatic carbocycles. The van der Waals surface area contributed by atoms with Gasteiger partial charge in [0.25, 0.3) is 5.56 Å². The molecule has 8 N–H and O–H groups in total. The number of H-pyrrole nitrogens is 1. The SMILES string of the molecule is Nc1nc2c(ncn2[C@@H]2O[C@@H]3COP(=O)(O)O[C@H]4C[C@H](n5cnc6c(N)ccnc65)O[C@@H]4COP(=O)(O)O[C@@H]2[C@@H]3O)c(=O)[nH]1. The van der Waals surface area contributed by atoms with E-state index in [1.54, 1.807) is 6.07 Å². The maximum Gasteiger partial charge on any atom is 0.472 e. The molecule has 0 saturated carbocycles. The fraction of sp³-hybridized carbons (Fsp3) is 0.476. The molecule has 3 fully saturated rings. The number of fused-ring (bicyclic) bond motifs is 5. The molecule has 23 heteroatoms. The number of nitrogen functional groups attached to an aromatic ring is 2. The molecule has 0 radical (unpaired) electrons. The number of hydrogen-bond donors (Lipinski definition) is 6. The van der Waals surface area contributed by atoms with Crippen molar-refractivity contribution in [1.29, 1.82) is 0 Å². The van der Waals surface area contributed by atoms with Gasteiger partial charge >= 0.3 is 15.6 Å². The number of phosphoric acid groups is 2. The van der Waals surface area contributed by atoms with Gasteiger partial charge in [-0.2, -0.15) is 4.98 Å². The van der Waals surface area contributed by atoms with E-state index < -0.39 is 77.4 Å². The summed E-state index contributed by atoms with van der Waals surface area (Å²) in [5.41, 5.74) is 11.8. The summed E-state index contributed by atoms with van der Waals surface area (Å²) in [6.45, 7) is -1.38. The van der Waals surface area contributed by atoms with Crippen molar-refractivity contribution in [2.24, 2.45) is 0 Å². The Kier molecular flexibility index (Phi) is 7.11. The molecule has 9 atom stereocenters. The number of nitrogens with one attached hydrogen (secondary N) is 1. The fourth-order valence-electron chi connectivity index (χ4n) is 5.34. The first-order valence-corrected chi connectivity index (χ1v) is 16.0. The van der Waals surface area contributed by atoms with Crippen molar-refractivity contribution >= 4 is 49.6 Å². The monoisotopic (exact) mass is 657 g/mol. The Labute approximate surface area is 244 Å². The first-order chi connectivity index (χ1) is 20.9. The molecule has 0 amide bonds. The lowest BCUT2D eigenvalue weighted by atomic mass is 10.1. The Bertz CT molecular complexity index is 1900. The van der Waals surface area contributed by atoms with E-state index in [1.165, 1.54) is 17.1 Å². The van der Waals surface area contributed by atoms with Crippen LogP contribution in [0, 0.1) is 0 Å². The highest BCUT2D eigenvalue weighted by atomic mass is 31.2. The van der Waals surface area contributed by atoms with Crippen LogP contribution in [0.5, 0.6) is 0 Å². The summed E-state index contributed by atoms with van der Waals surface area (Å²) in [5.74, 6) is -0.260. The van der Waals surface area contributed by atoms with Gasteiger partial charge in [-0.3, -0.25) is 37.0 Å². The molecular formula is C21H25N9O12P2. The van der Waals surface area contributed by atoms with Crippen molar-refractivity contribution in [3.63, 3.8) is 0 Å². The average molecular weight is 657 g/mol. The van der Waals surface area contributed by atoms with Crippen molar-refractivity contribution in [3.8, 4) is 0 Å². The summed E-state index contributed by atoms with van der Waals surface area (Å²) >= 11 is 0. The topological polar surface area (TPSA) is 297 Å². The third-order valence-corrected chi connectivity index (χ3v) is 9.35. The van der Waals surface area contributed by atoms with Gasteiger partial charge < -0.3 is 35.8 Å². The largest absolute Gasteiger partial charge is 0.472 e. The molecule has 2 unspecified atom stereocenters. The molecular weight excluding hydrogens is 632 g/mol. The predicted octanol–water partition coefficient (Wildman–Crippen LogP) is -0.707.